The van der Waals surface area contributed by atoms with Crippen LogP contribution in [-0.4, -0.2) is 70.6 Å². The van der Waals surface area contributed by atoms with Crippen LogP contribution in [0.2, 0.25) is 0 Å². The van der Waals surface area contributed by atoms with Crippen LogP contribution in [0.3, 0.4) is 0 Å². The first kappa shape index (κ1) is 29.3. The average Bonchev–Trinajstić information content (AvgIpc) is 3.00. The van der Waals surface area contributed by atoms with Crippen molar-refractivity contribution in [1.82, 2.24) is 5.32 Å². The van der Waals surface area contributed by atoms with E-state index in [2.05, 4.69) is 26.5 Å². The van der Waals surface area contributed by atoms with Gasteiger partial charge < -0.3 is 29.9 Å². The molecule has 3 aromatic carbocycles. The Balaban J connectivity index is 1.45. The number of nitrogens with zero attached hydrogens (tertiary/aromatic N) is 2. The van der Waals surface area contributed by atoms with E-state index in [4.69, 9.17) is 9.47 Å². The molecule has 8 nitrogen and oxygen atoms in total. The third-order valence-corrected chi connectivity index (χ3v) is 7.65. The maximum absolute atomic E-state index is 13.3. The highest BCUT2D eigenvalue weighted by molar-refractivity contribution is 8.00. The molecule has 0 spiro atoms. The summed E-state index contributed by atoms with van der Waals surface area (Å²) in [6.45, 7) is 6.83. The van der Waals surface area contributed by atoms with Crippen LogP contribution in [0.5, 0.6) is 5.75 Å². The van der Waals surface area contributed by atoms with Crippen molar-refractivity contribution >= 4 is 40.6 Å². The van der Waals surface area contributed by atoms with Gasteiger partial charge in [-0.15, -0.1) is 11.8 Å². The van der Waals surface area contributed by atoms with Crippen molar-refractivity contribution in [3.05, 3.63) is 78.4 Å². The standard InChI is InChI=1S/C31H38N4O4S/c1-3-39-21-9-16-32-31(37)26-22-24(33-30(36)23-40-25-10-5-4-6-11-25)14-15-27(26)34-17-19-35(20-18-34)28-12-7-8-13-29(28)38-2/h4-8,10-15,22H,3,9,16-21,23H2,1-2H3,(H,32,37)(H,33,36). The maximum Gasteiger partial charge on any atom is 0.253 e. The smallest absolute Gasteiger partial charge is 0.253 e. The van der Waals surface area contributed by atoms with E-state index in [0.717, 1.165) is 54.6 Å². The van der Waals surface area contributed by atoms with Gasteiger partial charge in [-0.1, -0.05) is 30.3 Å². The summed E-state index contributed by atoms with van der Waals surface area (Å²) in [5.74, 6) is 0.868. The second-order valence-corrected chi connectivity index (χ2v) is 10.4. The van der Waals surface area contributed by atoms with Gasteiger partial charge in [0.25, 0.3) is 5.91 Å². The molecule has 2 amide bonds. The van der Waals surface area contributed by atoms with Gasteiger partial charge in [-0.05, 0) is 55.8 Å². The molecule has 3 aromatic rings. The van der Waals surface area contributed by atoms with Gasteiger partial charge in [0.05, 0.1) is 24.1 Å². The fourth-order valence-electron chi connectivity index (χ4n) is 4.63. The lowest BCUT2D eigenvalue weighted by Gasteiger charge is -2.38. The van der Waals surface area contributed by atoms with Crippen molar-refractivity contribution < 1.29 is 19.1 Å². The summed E-state index contributed by atoms with van der Waals surface area (Å²) in [7, 11) is 1.69. The van der Waals surface area contributed by atoms with E-state index in [0.29, 0.717) is 31.0 Å². The number of ether oxygens (including phenoxy) is 2. The summed E-state index contributed by atoms with van der Waals surface area (Å²) in [6.07, 6.45) is 0.736. The number of methoxy groups -OCH3 is 1. The van der Waals surface area contributed by atoms with Crippen LogP contribution in [-0.2, 0) is 9.53 Å². The number of rotatable bonds is 13. The largest absolute Gasteiger partial charge is 0.495 e. The number of nitrogens with one attached hydrogen (secondary N) is 2. The van der Waals surface area contributed by atoms with E-state index in [9.17, 15) is 9.59 Å². The monoisotopic (exact) mass is 562 g/mol. The van der Waals surface area contributed by atoms with Gasteiger partial charge in [-0.25, -0.2) is 0 Å². The quantitative estimate of drug-likeness (QED) is 0.226. The van der Waals surface area contributed by atoms with Crippen molar-refractivity contribution in [1.29, 1.82) is 0 Å². The summed E-state index contributed by atoms with van der Waals surface area (Å²) in [4.78, 5) is 31.6. The van der Waals surface area contributed by atoms with Gasteiger partial charge in [0, 0.05) is 62.2 Å². The molecule has 0 aliphatic carbocycles. The lowest BCUT2D eigenvalue weighted by atomic mass is 10.1. The molecule has 2 N–H and O–H groups in total. The van der Waals surface area contributed by atoms with Gasteiger partial charge >= 0.3 is 0 Å². The molecule has 1 aliphatic heterocycles. The van der Waals surface area contributed by atoms with Crippen LogP contribution in [0.15, 0.2) is 77.7 Å². The number of hydrogen-bond donors (Lipinski definition) is 2. The van der Waals surface area contributed by atoms with Gasteiger partial charge in [0.15, 0.2) is 0 Å². The van der Waals surface area contributed by atoms with Crippen molar-refractivity contribution in [3.8, 4) is 5.75 Å². The second-order valence-electron chi connectivity index (χ2n) is 9.33. The highest BCUT2D eigenvalue weighted by Crippen LogP contribution is 2.31. The number of hydrogen-bond acceptors (Lipinski definition) is 7. The molecule has 1 saturated heterocycles. The Morgan fingerprint density at radius 2 is 1.60 bits per heavy atom. The number of amides is 2. The van der Waals surface area contributed by atoms with Crippen molar-refractivity contribution in [2.75, 3.05) is 73.9 Å². The van der Waals surface area contributed by atoms with Crippen LogP contribution in [0.25, 0.3) is 0 Å². The van der Waals surface area contributed by atoms with Crippen LogP contribution < -0.4 is 25.2 Å². The number of para-hydroxylation sites is 2. The maximum atomic E-state index is 13.3. The molecule has 1 aliphatic rings. The minimum Gasteiger partial charge on any atom is -0.495 e. The van der Waals surface area contributed by atoms with Gasteiger partial charge in [-0.2, -0.15) is 0 Å². The van der Waals surface area contributed by atoms with E-state index in [1.807, 2.05) is 67.6 Å². The minimum absolute atomic E-state index is 0.116. The molecule has 1 heterocycles. The van der Waals surface area contributed by atoms with Gasteiger partial charge in [0.2, 0.25) is 5.91 Å². The van der Waals surface area contributed by atoms with Crippen LogP contribution in [0.1, 0.15) is 23.7 Å². The Morgan fingerprint density at radius 1 is 0.900 bits per heavy atom. The predicted molar refractivity (Wildman–Crippen MR) is 163 cm³/mol. The zero-order valence-corrected chi connectivity index (χ0v) is 24.0. The highest BCUT2D eigenvalue weighted by atomic mass is 32.2. The van der Waals surface area contributed by atoms with Gasteiger partial charge in [0.1, 0.15) is 5.75 Å². The highest BCUT2D eigenvalue weighted by Gasteiger charge is 2.24. The molecule has 0 aromatic heterocycles. The summed E-state index contributed by atoms with van der Waals surface area (Å²) in [5, 5.41) is 5.99. The topological polar surface area (TPSA) is 83.1 Å². The number of anilines is 3. The van der Waals surface area contributed by atoms with Crippen molar-refractivity contribution in [2.45, 2.75) is 18.2 Å². The van der Waals surface area contributed by atoms with E-state index in [1.165, 1.54) is 11.8 Å². The third kappa shape index (κ3) is 8.16. The second kappa shape index (κ2) is 15.2. The Bertz CT molecular complexity index is 1250. The minimum atomic E-state index is -0.159. The van der Waals surface area contributed by atoms with Crippen LogP contribution >= 0.6 is 11.8 Å². The Kier molecular flexibility index (Phi) is 11.1. The molecule has 212 valence electrons. The third-order valence-electron chi connectivity index (χ3n) is 6.64. The van der Waals surface area contributed by atoms with Crippen molar-refractivity contribution in [3.63, 3.8) is 0 Å². The number of piperazine rings is 1. The fraction of sp³-hybridized carbons (Fsp3) is 0.355. The van der Waals surface area contributed by atoms with Crippen LogP contribution in [0.4, 0.5) is 17.1 Å². The Hall–Kier alpha value is -3.69. The summed E-state index contributed by atoms with van der Waals surface area (Å²) >= 11 is 1.48. The van der Waals surface area contributed by atoms with Crippen molar-refractivity contribution in [2.24, 2.45) is 0 Å². The zero-order chi connectivity index (χ0) is 28.2. The summed E-state index contributed by atoms with van der Waals surface area (Å²) in [6, 6.07) is 23.4. The molecule has 0 radical (unpaired) electrons. The molecule has 9 heteroatoms. The molecule has 1 fully saturated rings. The zero-order valence-electron chi connectivity index (χ0n) is 23.2. The Morgan fingerprint density at radius 3 is 2.33 bits per heavy atom. The normalized spacial score (nSPS) is 13.2. The summed E-state index contributed by atoms with van der Waals surface area (Å²) in [5.41, 5.74) is 3.09. The molecular weight excluding hydrogens is 524 g/mol. The molecule has 0 saturated carbocycles. The average molecular weight is 563 g/mol. The molecule has 0 bridgehead atoms. The number of carbonyl (C=O) groups excluding carboxylic acids is 2. The summed E-state index contributed by atoms with van der Waals surface area (Å²) < 4.78 is 11.0. The fourth-order valence-corrected chi connectivity index (χ4v) is 5.35. The molecule has 0 atom stereocenters. The van der Waals surface area contributed by atoms with E-state index in [1.54, 1.807) is 13.2 Å². The Labute approximate surface area is 241 Å². The van der Waals surface area contributed by atoms with Gasteiger partial charge in [-0.3, -0.25) is 9.59 Å². The number of carbonyl (C=O) groups is 2. The molecular formula is C31H38N4O4S. The number of thioether (sulfide) groups is 1. The van der Waals surface area contributed by atoms with E-state index < -0.39 is 0 Å². The number of benzene rings is 3. The lowest BCUT2D eigenvalue weighted by molar-refractivity contribution is -0.113. The van der Waals surface area contributed by atoms with Crippen LogP contribution in [0, 0.1) is 0 Å². The SMILES string of the molecule is CCOCCCNC(=O)c1cc(NC(=O)CSc2ccccc2)ccc1N1CCN(c2ccccc2OC)CC1. The molecule has 4 rings (SSSR count). The predicted octanol–water partition coefficient (Wildman–Crippen LogP) is 4.91. The lowest BCUT2D eigenvalue weighted by Crippen LogP contribution is -2.47. The first-order chi connectivity index (χ1) is 19.6. The molecule has 0 unspecified atom stereocenters. The van der Waals surface area contributed by atoms with E-state index in [-0.39, 0.29) is 17.6 Å². The van der Waals surface area contributed by atoms with E-state index >= 15 is 0 Å². The first-order valence-electron chi connectivity index (χ1n) is 13.7. The molecule has 40 heavy (non-hydrogen) atoms. The first-order valence-corrected chi connectivity index (χ1v) is 14.7.